The van der Waals surface area contributed by atoms with Gasteiger partial charge in [-0.2, -0.15) is 0 Å². The van der Waals surface area contributed by atoms with Crippen molar-refractivity contribution in [1.82, 2.24) is 4.72 Å². The van der Waals surface area contributed by atoms with Crippen molar-refractivity contribution in [3.63, 3.8) is 0 Å². The normalized spacial score (nSPS) is 11.8. The van der Waals surface area contributed by atoms with Crippen LogP contribution in [0, 0.1) is 5.82 Å². The molecule has 9 heteroatoms. The van der Waals surface area contributed by atoms with Crippen molar-refractivity contribution in [1.29, 1.82) is 0 Å². The second-order valence-corrected chi connectivity index (χ2v) is 6.07. The van der Waals surface area contributed by atoms with Gasteiger partial charge < -0.3 is 15.6 Å². The maximum atomic E-state index is 13.7. The fraction of sp³-hybridized carbons (Fsp3) is 0.455. The highest BCUT2D eigenvalue weighted by Crippen LogP contribution is 2.24. The first kappa shape index (κ1) is 17.1. The average molecular weight is 327 g/mol. The highest BCUT2D eigenvalue weighted by atomic mass is 35.5. The average Bonchev–Trinajstić information content (AvgIpc) is 2.37. The third-order valence-electron chi connectivity index (χ3n) is 2.31. The molecular formula is C11H16ClFN2O4S. The minimum Gasteiger partial charge on any atom is -0.396 e. The molecule has 0 spiro atoms. The lowest BCUT2D eigenvalue weighted by Crippen LogP contribution is -2.26. The second-order valence-electron chi connectivity index (χ2n) is 3.89. The molecule has 0 aromatic heterocycles. The van der Waals surface area contributed by atoms with Crippen LogP contribution in [-0.4, -0.2) is 39.9 Å². The molecule has 0 saturated carbocycles. The topological polar surface area (TPSA) is 102 Å². The molecular weight excluding hydrogens is 311 g/mol. The molecule has 0 atom stereocenters. The van der Waals surface area contributed by atoms with Crippen molar-refractivity contribution < 1.29 is 22.7 Å². The van der Waals surface area contributed by atoms with Crippen molar-refractivity contribution in [3.8, 4) is 0 Å². The molecule has 0 aliphatic carbocycles. The van der Waals surface area contributed by atoms with Crippen LogP contribution in [0.25, 0.3) is 0 Å². The first-order valence-electron chi connectivity index (χ1n) is 5.81. The van der Waals surface area contributed by atoms with Crippen LogP contribution in [0.5, 0.6) is 0 Å². The molecule has 4 N–H and O–H groups in total. The number of ether oxygens (including phenoxy) is 1. The minimum absolute atomic E-state index is 0.0376. The zero-order chi connectivity index (χ0) is 15.2. The Labute approximate surface area is 121 Å². The Kier molecular flexibility index (Phi) is 6.63. The number of hydrogen-bond donors (Lipinski definition) is 3. The van der Waals surface area contributed by atoms with Gasteiger partial charge in [0.2, 0.25) is 10.0 Å². The maximum Gasteiger partial charge on any atom is 0.243 e. The summed E-state index contributed by atoms with van der Waals surface area (Å²) in [6.45, 7) is 0.438. The van der Waals surface area contributed by atoms with Gasteiger partial charge >= 0.3 is 0 Å². The van der Waals surface area contributed by atoms with Crippen LogP contribution in [0.15, 0.2) is 17.0 Å². The molecule has 6 nitrogen and oxygen atoms in total. The summed E-state index contributed by atoms with van der Waals surface area (Å²) in [5.74, 6) is -1.03. The molecule has 1 rings (SSSR count). The van der Waals surface area contributed by atoms with Gasteiger partial charge in [-0.25, -0.2) is 17.5 Å². The first-order chi connectivity index (χ1) is 9.38. The van der Waals surface area contributed by atoms with Crippen LogP contribution < -0.4 is 10.5 Å². The van der Waals surface area contributed by atoms with Crippen molar-refractivity contribution in [2.24, 2.45) is 0 Å². The zero-order valence-electron chi connectivity index (χ0n) is 10.6. The van der Waals surface area contributed by atoms with Gasteiger partial charge in [0.25, 0.3) is 0 Å². The number of benzene rings is 1. The van der Waals surface area contributed by atoms with Gasteiger partial charge in [-0.15, -0.1) is 0 Å². The Bertz CT molecular complexity index is 554. The number of rotatable bonds is 8. The van der Waals surface area contributed by atoms with Gasteiger partial charge in [0.1, 0.15) is 4.90 Å². The number of nitrogens with two attached hydrogens (primary N) is 1. The molecule has 0 amide bonds. The van der Waals surface area contributed by atoms with E-state index in [-0.39, 0.29) is 37.1 Å². The van der Waals surface area contributed by atoms with Crippen molar-refractivity contribution >= 4 is 27.3 Å². The number of halogens is 2. The van der Waals surface area contributed by atoms with Crippen LogP contribution in [0.2, 0.25) is 5.02 Å². The van der Waals surface area contributed by atoms with Gasteiger partial charge in [-0.3, -0.25) is 0 Å². The molecule has 0 aliphatic rings. The Morgan fingerprint density at radius 3 is 2.75 bits per heavy atom. The number of aliphatic hydroxyl groups is 1. The van der Waals surface area contributed by atoms with E-state index in [1.807, 2.05) is 0 Å². The van der Waals surface area contributed by atoms with E-state index in [0.717, 1.165) is 12.1 Å². The minimum atomic E-state index is -4.02. The maximum absolute atomic E-state index is 13.7. The Morgan fingerprint density at radius 1 is 1.40 bits per heavy atom. The number of hydrogen-bond acceptors (Lipinski definition) is 5. The van der Waals surface area contributed by atoms with Gasteiger partial charge in [-0.1, -0.05) is 11.6 Å². The first-order valence-corrected chi connectivity index (χ1v) is 7.67. The quantitative estimate of drug-likeness (QED) is 0.483. The lowest BCUT2D eigenvalue weighted by molar-refractivity contribution is 0.0913. The molecule has 0 heterocycles. The number of nitrogen functional groups attached to an aromatic ring is 1. The third kappa shape index (κ3) is 4.88. The number of anilines is 1. The van der Waals surface area contributed by atoms with E-state index in [4.69, 9.17) is 27.2 Å². The smallest absolute Gasteiger partial charge is 0.243 e. The summed E-state index contributed by atoms with van der Waals surface area (Å²) in [6.07, 6.45) is 0.386. The summed E-state index contributed by atoms with van der Waals surface area (Å²) in [5, 5.41) is 8.52. The molecule has 20 heavy (non-hydrogen) atoms. The monoisotopic (exact) mass is 326 g/mol. The van der Waals surface area contributed by atoms with E-state index in [1.165, 1.54) is 0 Å². The van der Waals surface area contributed by atoms with E-state index in [1.54, 1.807) is 0 Å². The second kappa shape index (κ2) is 7.75. The lowest BCUT2D eigenvalue weighted by Gasteiger charge is -2.09. The molecule has 0 fully saturated rings. The zero-order valence-corrected chi connectivity index (χ0v) is 12.2. The van der Waals surface area contributed by atoms with Crippen LogP contribution in [0.3, 0.4) is 0 Å². The van der Waals surface area contributed by atoms with Crippen molar-refractivity contribution in [2.45, 2.75) is 11.3 Å². The molecule has 114 valence electrons. The van der Waals surface area contributed by atoms with Crippen LogP contribution in [-0.2, 0) is 14.8 Å². The summed E-state index contributed by atoms with van der Waals surface area (Å²) in [7, 11) is -4.02. The highest BCUT2D eigenvalue weighted by molar-refractivity contribution is 7.89. The molecule has 0 aliphatic heterocycles. The van der Waals surface area contributed by atoms with E-state index in [0.29, 0.717) is 6.42 Å². The molecule has 1 aromatic carbocycles. The fourth-order valence-electron chi connectivity index (χ4n) is 1.41. The van der Waals surface area contributed by atoms with Gasteiger partial charge in [-0.05, 0) is 18.6 Å². The summed E-state index contributed by atoms with van der Waals surface area (Å²) < 4.78 is 44.7. The predicted octanol–water partition coefficient (Wildman–Crippen LogP) is 0.739. The fourth-order valence-corrected chi connectivity index (χ4v) is 2.90. The number of aliphatic hydroxyl groups excluding tert-OH is 1. The largest absolute Gasteiger partial charge is 0.396 e. The van der Waals surface area contributed by atoms with Crippen LogP contribution in [0.1, 0.15) is 6.42 Å². The van der Waals surface area contributed by atoms with Crippen LogP contribution in [0.4, 0.5) is 10.1 Å². The van der Waals surface area contributed by atoms with Gasteiger partial charge in [0.15, 0.2) is 5.82 Å². The summed E-state index contributed by atoms with van der Waals surface area (Å²) in [6, 6.07) is 2.14. The van der Waals surface area contributed by atoms with Gasteiger partial charge in [0.05, 0.1) is 18.9 Å². The Balaban J connectivity index is 2.65. The summed E-state index contributed by atoms with van der Waals surface area (Å²) in [5.41, 5.74) is 5.00. The van der Waals surface area contributed by atoms with E-state index in [2.05, 4.69) is 4.72 Å². The molecule has 1 aromatic rings. The molecule has 0 bridgehead atoms. The van der Waals surface area contributed by atoms with Crippen molar-refractivity contribution in [2.75, 3.05) is 32.1 Å². The molecule has 0 unspecified atom stereocenters. The summed E-state index contributed by atoms with van der Waals surface area (Å²) >= 11 is 5.66. The van der Waals surface area contributed by atoms with E-state index in [9.17, 15) is 12.8 Å². The Morgan fingerprint density at radius 2 is 2.10 bits per heavy atom. The molecule has 0 radical (unpaired) electrons. The Hall–Kier alpha value is -0.930. The van der Waals surface area contributed by atoms with Gasteiger partial charge in [0, 0.05) is 18.2 Å². The van der Waals surface area contributed by atoms with Crippen LogP contribution >= 0.6 is 11.6 Å². The molecule has 0 saturated heterocycles. The SMILES string of the molecule is Nc1cc(Cl)cc(S(=O)(=O)NCCCOCCO)c1F. The predicted molar refractivity (Wildman–Crippen MR) is 73.5 cm³/mol. The lowest BCUT2D eigenvalue weighted by atomic mass is 10.3. The number of nitrogens with one attached hydrogen (secondary N) is 1. The standard InChI is InChI=1S/C11H16ClFN2O4S/c12-8-6-9(14)11(13)10(7-8)20(17,18)15-2-1-4-19-5-3-16/h6-7,15-16H,1-5,14H2. The third-order valence-corrected chi connectivity index (χ3v) is 3.99. The highest BCUT2D eigenvalue weighted by Gasteiger charge is 2.21. The summed E-state index contributed by atoms with van der Waals surface area (Å²) in [4.78, 5) is -0.584. The van der Waals surface area contributed by atoms with Crippen molar-refractivity contribution in [3.05, 3.63) is 23.0 Å². The van der Waals surface area contributed by atoms with E-state index < -0.39 is 20.7 Å². The van der Waals surface area contributed by atoms with E-state index >= 15 is 0 Å². The number of sulfonamides is 1.